The molecule has 2 aromatic heterocycles. The summed E-state index contributed by atoms with van der Waals surface area (Å²) in [7, 11) is 0. The molecule has 3 heterocycles. The zero-order chi connectivity index (χ0) is 34.2. The molecule has 0 saturated carbocycles. The molecule has 0 spiro atoms. The number of hydrogen-bond acceptors (Lipinski definition) is 4. The maximum Gasteiger partial charge on any atom is 0.160 e. The van der Waals surface area contributed by atoms with Gasteiger partial charge in [-0.15, -0.1) is 0 Å². The number of amidine groups is 2. The van der Waals surface area contributed by atoms with Crippen LogP contribution in [-0.2, 0) is 0 Å². The van der Waals surface area contributed by atoms with Crippen molar-refractivity contribution in [2.24, 2.45) is 9.98 Å². The van der Waals surface area contributed by atoms with E-state index in [0.29, 0.717) is 5.84 Å². The van der Waals surface area contributed by atoms with Crippen LogP contribution in [0.5, 0.6) is 0 Å². The normalized spacial score (nSPS) is 14.7. The van der Waals surface area contributed by atoms with Crippen molar-refractivity contribution in [2.45, 2.75) is 6.17 Å². The van der Waals surface area contributed by atoms with Crippen LogP contribution in [0.2, 0.25) is 0 Å². The molecule has 1 unspecified atom stereocenters. The van der Waals surface area contributed by atoms with Crippen molar-refractivity contribution >= 4 is 77.0 Å². The highest BCUT2D eigenvalue weighted by Gasteiger charge is 2.25. The van der Waals surface area contributed by atoms with Gasteiger partial charge < -0.3 is 14.3 Å². The quantitative estimate of drug-likeness (QED) is 0.203. The van der Waals surface area contributed by atoms with E-state index in [-0.39, 0.29) is 6.17 Å². The number of rotatable bonds is 4. The summed E-state index contributed by atoms with van der Waals surface area (Å²) in [5.74, 6) is 1.45. The maximum absolute atomic E-state index is 6.86. The minimum absolute atomic E-state index is 0.330. The third-order valence-corrected chi connectivity index (χ3v) is 10.4. The second-order valence-corrected chi connectivity index (χ2v) is 13.4. The van der Waals surface area contributed by atoms with E-state index in [9.17, 15) is 0 Å². The average Bonchev–Trinajstić information content (AvgIpc) is 3.75. The van der Waals surface area contributed by atoms with Crippen molar-refractivity contribution in [3.8, 4) is 5.69 Å². The summed E-state index contributed by atoms with van der Waals surface area (Å²) >= 11 is 0. The molecule has 0 fully saturated rings. The van der Waals surface area contributed by atoms with Gasteiger partial charge in [0.05, 0.1) is 16.7 Å². The number of fused-ring (bicyclic) bond motifs is 8. The third-order valence-electron chi connectivity index (χ3n) is 10.4. The summed E-state index contributed by atoms with van der Waals surface area (Å²) < 4.78 is 9.21. The molecule has 0 radical (unpaired) electrons. The van der Waals surface area contributed by atoms with Crippen molar-refractivity contribution in [1.29, 1.82) is 0 Å². The van der Waals surface area contributed by atoms with Gasteiger partial charge in [0.15, 0.2) is 11.4 Å². The first-order valence-electron chi connectivity index (χ1n) is 17.6. The number of aromatic nitrogens is 1. The van der Waals surface area contributed by atoms with Gasteiger partial charge in [-0.3, -0.25) is 0 Å². The first-order valence-corrected chi connectivity index (χ1v) is 17.6. The summed E-state index contributed by atoms with van der Waals surface area (Å²) in [4.78, 5) is 10.5. The number of furan rings is 1. The van der Waals surface area contributed by atoms with Gasteiger partial charge in [0.2, 0.25) is 0 Å². The van der Waals surface area contributed by atoms with Crippen LogP contribution >= 0.6 is 0 Å². The fraction of sp³-hybridized carbons (Fsp3) is 0.0213. The highest BCUT2D eigenvalue weighted by atomic mass is 16.3. The minimum Gasteiger partial charge on any atom is -0.454 e. The summed E-state index contributed by atoms with van der Waals surface area (Å²) in [5.41, 5.74) is 7.92. The highest BCUT2D eigenvalue weighted by molar-refractivity contribution is 6.23. The van der Waals surface area contributed by atoms with Crippen LogP contribution in [0.15, 0.2) is 184 Å². The molecule has 52 heavy (non-hydrogen) atoms. The molecular formula is C47H30N4O. The van der Waals surface area contributed by atoms with Crippen LogP contribution in [0.25, 0.3) is 71.0 Å². The molecule has 11 rings (SSSR count). The molecular weight excluding hydrogens is 637 g/mol. The Morgan fingerprint density at radius 3 is 2.12 bits per heavy atom. The predicted molar refractivity (Wildman–Crippen MR) is 215 cm³/mol. The molecule has 1 atom stereocenters. The van der Waals surface area contributed by atoms with E-state index in [1.54, 1.807) is 0 Å². The molecule has 1 aliphatic heterocycles. The van der Waals surface area contributed by atoms with Gasteiger partial charge in [-0.05, 0) is 63.5 Å². The van der Waals surface area contributed by atoms with Crippen molar-refractivity contribution < 1.29 is 4.42 Å². The van der Waals surface area contributed by atoms with Crippen LogP contribution in [0.4, 0.5) is 0 Å². The molecule has 0 aliphatic carbocycles. The van der Waals surface area contributed by atoms with E-state index in [1.165, 1.54) is 32.3 Å². The number of hydrogen-bond donors (Lipinski definition) is 1. The Hall–Kier alpha value is -6.98. The van der Waals surface area contributed by atoms with Crippen LogP contribution in [0, 0.1) is 0 Å². The van der Waals surface area contributed by atoms with Crippen LogP contribution in [0.1, 0.15) is 22.9 Å². The Morgan fingerprint density at radius 2 is 1.25 bits per heavy atom. The van der Waals surface area contributed by atoms with Gasteiger partial charge in [0.25, 0.3) is 0 Å². The first-order chi connectivity index (χ1) is 25.8. The van der Waals surface area contributed by atoms with Gasteiger partial charge in [-0.25, -0.2) is 9.98 Å². The average molecular weight is 667 g/mol. The Morgan fingerprint density at radius 1 is 0.538 bits per heavy atom. The standard InChI is InChI=1S/C47H30N4O/c1-2-13-30(14-3-1)45-48-46(34-25-24-29-12-4-5-15-31(29)26-34)50-47(49-45)37-20-11-23-42-43(37)36-19-10-22-40(44(36)52-42)51-39-21-9-8-18-35(39)38-27-32-16-6-7-17-33(32)28-41(38)51/h1-28,46H,(H,48,49,50). The topological polar surface area (TPSA) is 54.8 Å². The predicted octanol–water partition coefficient (Wildman–Crippen LogP) is 11.5. The zero-order valence-electron chi connectivity index (χ0n) is 28.0. The third kappa shape index (κ3) is 4.42. The summed E-state index contributed by atoms with van der Waals surface area (Å²) in [6, 6.07) is 59.7. The lowest BCUT2D eigenvalue weighted by atomic mass is 10.0. The molecule has 244 valence electrons. The van der Waals surface area contributed by atoms with Crippen molar-refractivity contribution in [2.75, 3.05) is 0 Å². The van der Waals surface area contributed by atoms with Crippen LogP contribution < -0.4 is 5.32 Å². The second-order valence-electron chi connectivity index (χ2n) is 13.4. The van der Waals surface area contributed by atoms with Gasteiger partial charge >= 0.3 is 0 Å². The second kappa shape index (κ2) is 11.3. The summed E-state index contributed by atoms with van der Waals surface area (Å²) in [5, 5.41) is 12.9. The van der Waals surface area contributed by atoms with Crippen molar-refractivity contribution in [3.63, 3.8) is 0 Å². The number of aliphatic imine (C=N–C) groups is 2. The lowest BCUT2D eigenvalue weighted by Crippen LogP contribution is -2.33. The van der Waals surface area contributed by atoms with E-state index in [1.807, 2.05) is 30.3 Å². The lowest BCUT2D eigenvalue weighted by Gasteiger charge is -2.24. The monoisotopic (exact) mass is 666 g/mol. The summed E-state index contributed by atoms with van der Waals surface area (Å²) in [6.07, 6.45) is -0.330. The number of nitrogens with zero attached hydrogens (tertiary/aromatic N) is 3. The zero-order valence-corrected chi connectivity index (χ0v) is 28.0. The van der Waals surface area contributed by atoms with E-state index in [2.05, 4.69) is 149 Å². The Balaban J connectivity index is 1.14. The molecule has 0 amide bonds. The smallest absolute Gasteiger partial charge is 0.160 e. The lowest BCUT2D eigenvalue weighted by molar-refractivity contribution is 0.666. The molecule has 1 aliphatic rings. The Labute approximate surface area is 298 Å². The van der Waals surface area contributed by atoms with Gasteiger partial charge in [0, 0.05) is 32.7 Å². The van der Waals surface area contributed by atoms with Gasteiger partial charge in [-0.1, -0.05) is 133 Å². The van der Waals surface area contributed by atoms with Crippen molar-refractivity contribution in [3.05, 3.63) is 187 Å². The number of benzene rings is 8. The van der Waals surface area contributed by atoms with E-state index in [4.69, 9.17) is 14.4 Å². The van der Waals surface area contributed by atoms with Gasteiger partial charge in [0.1, 0.15) is 17.6 Å². The fourth-order valence-corrected chi connectivity index (χ4v) is 7.97. The molecule has 0 bridgehead atoms. The minimum atomic E-state index is -0.330. The van der Waals surface area contributed by atoms with E-state index < -0.39 is 0 Å². The molecule has 5 nitrogen and oxygen atoms in total. The maximum atomic E-state index is 6.86. The highest BCUT2D eigenvalue weighted by Crippen LogP contribution is 2.40. The van der Waals surface area contributed by atoms with Gasteiger partial charge in [-0.2, -0.15) is 0 Å². The largest absolute Gasteiger partial charge is 0.454 e. The van der Waals surface area contributed by atoms with Crippen molar-refractivity contribution in [1.82, 2.24) is 9.88 Å². The molecule has 8 aromatic carbocycles. The molecule has 5 heteroatoms. The fourth-order valence-electron chi connectivity index (χ4n) is 7.97. The van der Waals surface area contributed by atoms with Crippen LogP contribution in [-0.4, -0.2) is 16.2 Å². The van der Waals surface area contributed by atoms with E-state index >= 15 is 0 Å². The SMILES string of the molecule is c1ccc(C2=NC(c3cccc4oc5c(-n6c7ccccc7c7cc8ccccc8cc76)cccc5c34)=NC(c3ccc4ccccc4c3)N2)cc1. The van der Waals surface area contributed by atoms with E-state index in [0.717, 1.165) is 61.2 Å². The van der Waals surface area contributed by atoms with Crippen LogP contribution in [0.3, 0.4) is 0 Å². The Bertz CT molecular complexity index is 3110. The molecule has 10 aromatic rings. The Kier molecular flexibility index (Phi) is 6.25. The molecule has 1 N–H and O–H groups in total. The first kappa shape index (κ1) is 28.8. The summed E-state index contributed by atoms with van der Waals surface area (Å²) in [6.45, 7) is 0. The number of nitrogens with one attached hydrogen (secondary N) is 1. The number of para-hydroxylation sites is 2. The molecule has 0 saturated heterocycles.